The van der Waals surface area contributed by atoms with Gasteiger partial charge in [-0.2, -0.15) is 4.57 Å². The van der Waals surface area contributed by atoms with E-state index in [0.29, 0.717) is 0 Å². The summed E-state index contributed by atoms with van der Waals surface area (Å²) in [6.45, 7) is 7.67. The van der Waals surface area contributed by atoms with E-state index in [2.05, 4.69) is 42.3 Å². The largest absolute Gasteiger partial charge is 0.201 e. The van der Waals surface area contributed by atoms with E-state index in [1.807, 2.05) is 42.5 Å². The summed E-state index contributed by atoms with van der Waals surface area (Å²) in [7, 11) is 0. The summed E-state index contributed by atoms with van der Waals surface area (Å²) in [5, 5.41) is 0. The Morgan fingerprint density at radius 3 is 2.12 bits per heavy atom. The van der Waals surface area contributed by atoms with Crippen molar-refractivity contribution in [3.63, 3.8) is 0 Å². The fraction of sp³-hybridized carbons (Fsp3) is 0.0625. The van der Waals surface area contributed by atoms with Gasteiger partial charge in [0.25, 0.3) is 0 Å². The van der Waals surface area contributed by atoms with Crippen LogP contribution in [0.4, 0.5) is 0 Å². The lowest BCUT2D eigenvalue weighted by atomic mass is 10.1. The van der Waals surface area contributed by atoms with E-state index in [1.165, 1.54) is 5.56 Å². The molecule has 0 amide bonds. The summed E-state index contributed by atoms with van der Waals surface area (Å²) in [6, 6.07) is 14.6. The van der Waals surface area contributed by atoms with Crippen LogP contribution >= 0.6 is 0 Å². The van der Waals surface area contributed by atoms with E-state index in [4.69, 9.17) is 0 Å². The van der Waals surface area contributed by atoms with Crippen LogP contribution in [-0.2, 0) is 0 Å². The summed E-state index contributed by atoms with van der Waals surface area (Å²) in [6.07, 6.45) is 7.89. The number of rotatable bonds is 4. The normalized spacial score (nSPS) is 11.8. The zero-order chi connectivity index (χ0) is 12.1. The van der Waals surface area contributed by atoms with E-state index < -0.39 is 0 Å². The van der Waals surface area contributed by atoms with Crippen molar-refractivity contribution < 1.29 is 4.57 Å². The van der Waals surface area contributed by atoms with Gasteiger partial charge in [0, 0.05) is 17.7 Å². The molecule has 0 fully saturated rings. The Kier molecular flexibility index (Phi) is 3.51. The van der Waals surface area contributed by atoms with Crippen molar-refractivity contribution in [3.8, 4) is 0 Å². The zero-order valence-corrected chi connectivity index (χ0v) is 9.79. The Balaban J connectivity index is 2.35. The van der Waals surface area contributed by atoms with Crippen molar-refractivity contribution in [1.29, 1.82) is 0 Å². The van der Waals surface area contributed by atoms with Crippen LogP contribution in [0.25, 0.3) is 6.08 Å². The van der Waals surface area contributed by atoms with Crippen LogP contribution in [0.1, 0.15) is 17.2 Å². The van der Waals surface area contributed by atoms with Gasteiger partial charge in [0.2, 0.25) is 6.04 Å². The quantitative estimate of drug-likeness (QED) is 0.551. The molecule has 0 N–H and O–H groups in total. The molecule has 1 heteroatoms. The molecule has 0 aliphatic heterocycles. The molecule has 1 aromatic carbocycles. The Bertz CT molecular complexity index is 497. The number of benzene rings is 1. The first-order valence-corrected chi connectivity index (χ1v) is 5.66. The van der Waals surface area contributed by atoms with Gasteiger partial charge < -0.3 is 0 Å². The highest BCUT2D eigenvalue weighted by atomic mass is 15.0. The second-order valence-electron chi connectivity index (χ2n) is 3.87. The van der Waals surface area contributed by atoms with Gasteiger partial charge in [0.15, 0.2) is 12.4 Å². The maximum absolute atomic E-state index is 3.92. The van der Waals surface area contributed by atoms with Gasteiger partial charge in [-0.15, -0.1) is 0 Å². The standard InChI is InChI=1S/C16H16N/c1-3-14-10-12-17(13-11-14)16(4-2)15-8-6-5-7-9-15/h3-13,16H,1-2H2/q+1. The second-order valence-corrected chi connectivity index (χ2v) is 3.87. The second kappa shape index (κ2) is 5.26. The number of nitrogens with zero attached hydrogens (tertiary/aromatic N) is 1. The molecule has 1 unspecified atom stereocenters. The van der Waals surface area contributed by atoms with Gasteiger partial charge in [0.1, 0.15) is 0 Å². The summed E-state index contributed by atoms with van der Waals surface area (Å²) >= 11 is 0. The van der Waals surface area contributed by atoms with Gasteiger partial charge in [-0.1, -0.05) is 49.6 Å². The number of pyridine rings is 1. The molecule has 1 atom stereocenters. The summed E-state index contributed by atoms with van der Waals surface area (Å²) < 4.78 is 2.13. The monoisotopic (exact) mass is 222 g/mol. The molecule has 0 radical (unpaired) electrons. The molecular weight excluding hydrogens is 206 g/mol. The van der Waals surface area contributed by atoms with Crippen molar-refractivity contribution in [2.45, 2.75) is 6.04 Å². The third kappa shape index (κ3) is 2.51. The fourth-order valence-corrected chi connectivity index (χ4v) is 1.85. The van der Waals surface area contributed by atoms with Crippen LogP contribution < -0.4 is 4.57 Å². The molecule has 2 aromatic rings. The van der Waals surface area contributed by atoms with Crippen LogP contribution in [0.3, 0.4) is 0 Å². The van der Waals surface area contributed by atoms with Crippen molar-refractivity contribution in [2.75, 3.05) is 0 Å². The zero-order valence-electron chi connectivity index (χ0n) is 9.79. The van der Waals surface area contributed by atoms with E-state index in [9.17, 15) is 0 Å². The third-order valence-electron chi connectivity index (χ3n) is 2.80. The molecule has 0 aliphatic rings. The van der Waals surface area contributed by atoms with Crippen LogP contribution in [0.15, 0.2) is 74.1 Å². The van der Waals surface area contributed by atoms with Gasteiger partial charge in [-0.3, -0.25) is 0 Å². The number of allylic oxidation sites excluding steroid dienone is 1. The van der Waals surface area contributed by atoms with Crippen molar-refractivity contribution >= 4 is 6.08 Å². The van der Waals surface area contributed by atoms with Crippen LogP contribution in [0.2, 0.25) is 0 Å². The van der Waals surface area contributed by atoms with Crippen LogP contribution in [0, 0.1) is 0 Å². The summed E-state index contributed by atoms with van der Waals surface area (Å²) in [5.74, 6) is 0. The highest BCUT2D eigenvalue weighted by Gasteiger charge is 2.15. The highest BCUT2D eigenvalue weighted by Crippen LogP contribution is 2.12. The lowest BCUT2D eigenvalue weighted by molar-refractivity contribution is -0.703. The van der Waals surface area contributed by atoms with Gasteiger partial charge in [-0.05, 0) is 11.6 Å². The lowest BCUT2D eigenvalue weighted by Crippen LogP contribution is -2.38. The Hall–Kier alpha value is -2.15. The predicted octanol–water partition coefficient (Wildman–Crippen LogP) is 3.39. The Labute approximate surface area is 102 Å². The molecule has 0 saturated heterocycles. The van der Waals surface area contributed by atoms with E-state index in [0.717, 1.165) is 5.56 Å². The highest BCUT2D eigenvalue weighted by molar-refractivity contribution is 5.44. The molecule has 2 rings (SSSR count). The third-order valence-corrected chi connectivity index (χ3v) is 2.80. The first-order valence-electron chi connectivity index (χ1n) is 5.66. The van der Waals surface area contributed by atoms with Crippen molar-refractivity contribution in [3.05, 3.63) is 85.2 Å². The molecule has 1 heterocycles. The van der Waals surface area contributed by atoms with E-state index in [-0.39, 0.29) is 6.04 Å². The molecular formula is C16H16N+. The minimum absolute atomic E-state index is 0.176. The molecule has 0 bridgehead atoms. The molecule has 84 valence electrons. The number of hydrogen-bond acceptors (Lipinski definition) is 0. The summed E-state index contributed by atoms with van der Waals surface area (Å²) in [4.78, 5) is 0. The predicted molar refractivity (Wildman–Crippen MR) is 71.5 cm³/mol. The maximum Gasteiger partial charge on any atom is 0.201 e. The first-order chi connectivity index (χ1) is 8.35. The molecule has 1 nitrogen and oxygen atoms in total. The Morgan fingerprint density at radius 1 is 0.941 bits per heavy atom. The summed E-state index contributed by atoms with van der Waals surface area (Å²) in [5.41, 5.74) is 2.36. The molecule has 17 heavy (non-hydrogen) atoms. The maximum atomic E-state index is 3.92. The van der Waals surface area contributed by atoms with Crippen LogP contribution in [-0.4, -0.2) is 0 Å². The molecule has 1 aromatic heterocycles. The Morgan fingerprint density at radius 2 is 1.59 bits per heavy atom. The van der Waals surface area contributed by atoms with E-state index >= 15 is 0 Å². The number of aromatic nitrogens is 1. The fourth-order valence-electron chi connectivity index (χ4n) is 1.85. The number of hydrogen-bond donors (Lipinski definition) is 0. The molecule has 0 spiro atoms. The van der Waals surface area contributed by atoms with Crippen molar-refractivity contribution in [1.82, 2.24) is 0 Å². The first kappa shape index (κ1) is 11.3. The van der Waals surface area contributed by atoms with Gasteiger partial charge in [0.05, 0.1) is 0 Å². The average molecular weight is 222 g/mol. The minimum atomic E-state index is 0.176. The molecule has 0 aliphatic carbocycles. The van der Waals surface area contributed by atoms with Gasteiger partial charge >= 0.3 is 0 Å². The smallest absolute Gasteiger partial charge is 0.194 e. The van der Waals surface area contributed by atoms with Crippen LogP contribution in [0.5, 0.6) is 0 Å². The lowest BCUT2D eigenvalue weighted by Gasteiger charge is -2.08. The minimum Gasteiger partial charge on any atom is -0.194 e. The molecule has 0 saturated carbocycles. The SMILES string of the molecule is C=Cc1cc[n+](C(C=C)c2ccccc2)cc1. The van der Waals surface area contributed by atoms with Crippen molar-refractivity contribution in [2.24, 2.45) is 0 Å². The van der Waals surface area contributed by atoms with Gasteiger partial charge in [-0.25, -0.2) is 0 Å². The average Bonchev–Trinajstić information content (AvgIpc) is 2.42. The topological polar surface area (TPSA) is 3.88 Å². The van der Waals surface area contributed by atoms with E-state index in [1.54, 1.807) is 0 Å².